The Hall–Kier alpha value is 2.04. The van der Waals surface area contributed by atoms with Crippen molar-refractivity contribution in [3.05, 3.63) is 0 Å². The second kappa shape index (κ2) is 6.16. The Kier molecular flexibility index (Phi) is 14.1. The summed E-state index contributed by atoms with van der Waals surface area (Å²) in [6.07, 6.45) is 0. The van der Waals surface area contributed by atoms with Crippen LogP contribution in [-0.4, -0.2) is 53.7 Å². The maximum atomic E-state index is 9.16. The molecule has 0 spiro atoms. The Labute approximate surface area is 83.5 Å². The molecule has 1 radical (unpaired) electrons. The number of hydrogen-bond acceptors (Lipinski definition) is 2. The van der Waals surface area contributed by atoms with Gasteiger partial charge in [-0.3, -0.25) is 0 Å². The van der Waals surface area contributed by atoms with Gasteiger partial charge in [0.1, 0.15) is 0 Å². The third kappa shape index (κ3) is 70.5. The minimum atomic E-state index is -3.73. The van der Waals surface area contributed by atoms with Crippen LogP contribution >= 0.6 is 0 Å². The molecule has 0 aromatic heterocycles. The van der Waals surface area contributed by atoms with Gasteiger partial charge in [0.25, 0.3) is 0 Å². The van der Waals surface area contributed by atoms with Gasteiger partial charge >= 0.3 is 62.2 Å². The van der Waals surface area contributed by atoms with E-state index in [2.05, 4.69) is 0 Å². The Morgan fingerprint density at radius 3 is 1.43 bits per heavy atom. The summed E-state index contributed by atoms with van der Waals surface area (Å²) >= 11 is 1.11. The van der Waals surface area contributed by atoms with Crippen molar-refractivity contribution in [2.45, 2.75) is 0 Å². The molecule has 0 heterocycles. The molecule has 0 aromatic rings. The predicted molar refractivity (Wildman–Crippen MR) is 28.6 cm³/mol. The third-order valence-electron chi connectivity index (χ3n) is 0. The molecular formula is H5AgInO3SSe. The number of rotatable bonds is 0. The Morgan fingerprint density at radius 2 is 1.43 bits per heavy atom. The van der Waals surface area contributed by atoms with Gasteiger partial charge in [-0.15, -0.1) is 0 Å². The fraction of sp³-hybridized carbons (Fsp3) is 0. The Morgan fingerprint density at radius 1 is 1.43 bits per heavy atom. The van der Waals surface area contributed by atoms with E-state index < -0.39 is 8.54 Å². The molecule has 0 saturated carbocycles. The van der Waals surface area contributed by atoms with E-state index in [-0.39, 0.29) is 48.2 Å². The number of hydrogen-bond donors (Lipinski definition) is 1. The molecule has 0 fully saturated rings. The van der Waals surface area contributed by atoms with Crippen LogP contribution in [0.25, 0.3) is 0 Å². The van der Waals surface area contributed by atoms with Gasteiger partial charge in [0.05, 0.1) is 0 Å². The van der Waals surface area contributed by atoms with E-state index in [0.717, 1.165) is 14.9 Å². The second-order valence-corrected chi connectivity index (χ2v) is 4.25. The van der Waals surface area contributed by atoms with Crippen LogP contribution in [0.1, 0.15) is 0 Å². The molecule has 0 rings (SSSR count). The maximum absolute atomic E-state index is 9.16. The van der Waals surface area contributed by atoms with Crippen molar-refractivity contribution in [2.24, 2.45) is 0 Å². The van der Waals surface area contributed by atoms with E-state index in [4.69, 9.17) is 13.0 Å². The second-order valence-electron chi connectivity index (χ2n) is 0.448. The van der Waals surface area contributed by atoms with Gasteiger partial charge in [-0.25, -0.2) is 0 Å². The van der Waals surface area contributed by atoms with Gasteiger partial charge < -0.3 is 0 Å². The quantitative estimate of drug-likeness (QED) is 0.370. The van der Waals surface area contributed by atoms with Crippen molar-refractivity contribution >= 4 is 49.3 Å². The molecule has 0 saturated heterocycles. The van der Waals surface area contributed by atoms with Crippen molar-refractivity contribution in [1.82, 2.24) is 0 Å². The molecule has 0 aliphatic heterocycles. The average molecular weight is 387 g/mol. The predicted octanol–water partition coefficient (Wildman–Crippen LogP) is -2.50. The van der Waals surface area contributed by atoms with Crippen LogP contribution < -0.4 is 0 Å². The van der Waals surface area contributed by atoms with Crippen LogP contribution in [0, 0.1) is 0 Å². The zero-order chi connectivity index (χ0) is 4.50. The standard InChI is InChI=1S/Ag.In.H2O3SSe.3H/c;;1-4(2,3)5;;;/h;;(H2,1,2,3,5);;;. The first kappa shape index (κ1) is 16.0. The van der Waals surface area contributed by atoms with Crippen molar-refractivity contribution in [1.29, 1.82) is 0 Å². The summed E-state index contributed by atoms with van der Waals surface area (Å²) in [7, 11) is -3.73. The van der Waals surface area contributed by atoms with Gasteiger partial charge in [-0.2, -0.15) is 0 Å². The summed E-state index contributed by atoms with van der Waals surface area (Å²) in [5, 5.41) is 0. The molecule has 0 amide bonds. The summed E-state index contributed by atoms with van der Waals surface area (Å²) in [5.41, 5.74) is 0. The van der Waals surface area contributed by atoms with E-state index in [1.54, 1.807) is 0 Å². The molecule has 1 N–H and O–H groups in total. The van der Waals surface area contributed by atoms with Crippen LogP contribution in [0.3, 0.4) is 0 Å². The molecule has 7 heteroatoms. The molecule has 3 nitrogen and oxygen atoms in total. The third-order valence-corrected chi connectivity index (χ3v) is 0. The van der Waals surface area contributed by atoms with Crippen molar-refractivity contribution < 1.29 is 35.4 Å². The molecule has 0 aliphatic rings. The van der Waals surface area contributed by atoms with E-state index in [0.29, 0.717) is 0 Å². The SMILES string of the molecule is O=S(=O)(O)[SeH].[Ag].[InH3]. The zero-order valence-corrected chi connectivity index (χ0v) is 6.60. The normalized spacial score (nSPS) is 8.29. The summed E-state index contributed by atoms with van der Waals surface area (Å²) in [6, 6.07) is 0. The average Bonchev–Trinajstić information content (AvgIpc) is 0.722. The molecule has 0 atom stereocenters. The van der Waals surface area contributed by atoms with E-state index in [9.17, 15) is 0 Å². The van der Waals surface area contributed by atoms with E-state index >= 15 is 0 Å². The molecule has 0 bridgehead atoms. The summed E-state index contributed by atoms with van der Waals surface area (Å²) in [4.78, 5) is 0. The van der Waals surface area contributed by atoms with Crippen LogP contribution in [0.4, 0.5) is 0 Å². The summed E-state index contributed by atoms with van der Waals surface area (Å²) in [5.74, 6) is 0. The van der Waals surface area contributed by atoms with Crippen LogP contribution in [0.15, 0.2) is 0 Å². The van der Waals surface area contributed by atoms with E-state index in [1.807, 2.05) is 0 Å². The van der Waals surface area contributed by atoms with Gasteiger partial charge in [0.15, 0.2) is 0 Å². The summed E-state index contributed by atoms with van der Waals surface area (Å²) < 4.78 is 25.8. The van der Waals surface area contributed by atoms with Crippen LogP contribution in [-0.2, 0) is 30.9 Å². The monoisotopic (exact) mass is 387 g/mol. The first-order chi connectivity index (χ1) is 2.00. The Bertz CT molecular complexity index is 98.1. The fourth-order valence-corrected chi connectivity index (χ4v) is 0. The fourth-order valence-electron chi connectivity index (χ4n) is 0. The van der Waals surface area contributed by atoms with Crippen LogP contribution in [0.5, 0.6) is 0 Å². The minimum absolute atomic E-state index is 0. The summed E-state index contributed by atoms with van der Waals surface area (Å²) in [6.45, 7) is 0. The van der Waals surface area contributed by atoms with Crippen molar-refractivity contribution in [3.8, 4) is 0 Å². The molecule has 49 valence electrons. The molecule has 0 unspecified atom stereocenters. The van der Waals surface area contributed by atoms with Gasteiger partial charge in [0, 0.05) is 22.4 Å². The molecule has 7 heavy (non-hydrogen) atoms. The first-order valence-electron chi connectivity index (χ1n) is 0.698. The first-order valence-corrected chi connectivity index (χ1v) is 4.39. The Balaban J connectivity index is -0.0000000800. The molecule has 0 aliphatic carbocycles. The molecule has 0 aromatic carbocycles. The van der Waals surface area contributed by atoms with Gasteiger partial charge in [0.2, 0.25) is 0 Å². The van der Waals surface area contributed by atoms with Crippen LogP contribution in [0.2, 0.25) is 0 Å². The van der Waals surface area contributed by atoms with Gasteiger partial charge in [-0.1, -0.05) is 0 Å². The topological polar surface area (TPSA) is 54.4 Å². The van der Waals surface area contributed by atoms with Gasteiger partial charge in [-0.05, 0) is 0 Å². The zero-order valence-electron chi connectivity index (χ0n) is 2.42. The van der Waals surface area contributed by atoms with Crippen molar-refractivity contribution in [3.63, 3.8) is 0 Å². The van der Waals surface area contributed by atoms with E-state index in [1.165, 1.54) is 0 Å². The van der Waals surface area contributed by atoms with Crippen molar-refractivity contribution in [2.75, 3.05) is 0 Å². The molecular weight excluding hydrogens is 382 g/mol.